The van der Waals surface area contributed by atoms with Crippen LogP contribution in [0.5, 0.6) is 5.75 Å². The Kier molecular flexibility index (Phi) is 3.86. The molecule has 2 aromatic carbocycles. The van der Waals surface area contributed by atoms with Crippen molar-refractivity contribution in [3.05, 3.63) is 65.5 Å². The number of hydrogen-bond acceptors (Lipinski definition) is 2. The average Bonchev–Trinajstić information content (AvgIpc) is 2.41. The molecule has 19 heavy (non-hydrogen) atoms. The Balaban J connectivity index is 2.29. The van der Waals surface area contributed by atoms with Crippen molar-refractivity contribution in [3.8, 4) is 5.75 Å². The lowest BCUT2D eigenvalue weighted by molar-refractivity contribution is 0.0564. The van der Waals surface area contributed by atoms with E-state index in [2.05, 4.69) is 0 Å². The zero-order chi connectivity index (χ0) is 13.9. The Labute approximate surface area is 112 Å². The van der Waals surface area contributed by atoms with Crippen LogP contribution in [0.2, 0.25) is 0 Å². The van der Waals surface area contributed by atoms with Gasteiger partial charge < -0.3 is 9.84 Å². The summed E-state index contributed by atoms with van der Waals surface area (Å²) in [7, 11) is 1.57. The van der Waals surface area contributed by atoms with Crippen molar-refractivity contribution in [1.29, 1.82) is 0 Å². The van der Waals surface area contributed by atoms with Gasteiger partial charge in [-0.05, 0) is 36.2 Å². The molecule has 0 aliphatic rings. The average molecular weight is 260 g/mol. The lowest BCUT2D eigenvalue weighted by Crippen LogP contribution is -2.24. The molecular formula is C16H17FO2. The summed E-state index contributed by atoms with van der Waals surface area (Å²) in [5.74, 6) is 0.372. The van der Waals surface area contributed by atoms with Gasteiger partial charge in [0.05, 0.1) is 12.7 Å². The Hall–Kier alpha value is -1.87. The van der Waals surface area contributed by atoms with Crippen molar-refractivity contribution < 1.29 is 14.2 Å². The molecule has 0 heterocycles. The van der Waals surface area contributed by atoms with Crippen LogP contribution < -0.4 is 4.74 Å². The maximum Gasteiger partial charge on any atom is 0.126 e. The second-order valence-corrected chi connectivity index (χ2v) is 4.77. The highest BCUT2D eigenvalue weighted by molar-refractivity contribution is 5.33. The van der Waals surface area contributed by atoms with Gasteiger partial charge in [-0.2, -0.15) is 0 Å². The molecule has 0 fully saturated rings. The maximum atomic E-state index is 13.6. The van der Waals surface area contributed by atoms with E-state index in [0.29, 0.717) is 16.9 Å². The minimum atomic E-state index is -1.14. The van der Waals surface area contributed by atoms with Crippen molar-refractivity contribution in [2.24, 2.45) is 0 Å². The fourth-order valence-electron chi connectivity index (χ4n) is 2.07. The quantitative estimate of drug-likeness (QED) is 0.914. The third-order valence-electron chi connectivity index (χ3n) is 3.18. The van der Waals surface area contributed by atoms with Crippen molar-refractivity contribution in [2.75, 3.05) is 7.11 Å². The first kappa shape index (κ1) is 13.6. The van der Waals surface area contributed by atoms with Crippen LogP contribution >= 0.6 is 0 Å². The fraction of sp³-hybridized carbons (Fsp3) is 0.250. The van der Waals surface area contributed by atoms with E-state index in [1.807, 2.05) is 18.2 Å². The summed E-state index contributed by atoms with van der Waals surface area (Å²) in [4.78, 5) is 0. The molecule has 2 rings (SSSR count). The minimum absolute atomic E-state index is 0.215. The van der Waals surface area contributed by atoms with Gasteiger partial charge in [0.15, 0.2) is 0 Å². The Morgan fingerprint density at radius 2 is 1.89 bits per heavy atom. The van der Waals surface area contributed by atoms with Crippen LogP contribution in [0.1, 0.15) is 18.1 Å². The van der Waals surface area contributed by atoms with Gasteiger partial charge >= 0.3 is 0 Å². The Morgan fingerprint density at radius 3 is 2.58 bits per heavy atom. The second kappa shape index (κ2) is 5.41. The molecule has 0 spiro atoms. The number of halogens is 1. The van der Waals surface area contributed by atoms with Crippen molar-refractivity contribution in [3.63, 3.8) is 0 Å². The van der Waals surface area contributed by atoms with Gasteiger partial charge in [0.25, 0.3) is 0 Å². The summed E-state index contributed by atoms with van der Waals surface area (Å²) in [5.41, 5.74) is 0.0573. The van der Waals surface area contributed by atoms with Gasteiger partial charge in [-0.25, -0.2) is 4.39 Å². The summed E-state index contributed by atoms with van der Waals surface area (Å²) < 4.78 is 18.8. The van der Waals surface area contributed by atoms with Crippen molar-refractivity contribution in [1.82, 2.24) is 0 Å². The van der Waals surface area contributed by atoms with Gasteiger partial charge in [0.2, 0.25) is 0 Å². The molecule has 1 atom stereocenters. The molecule has 100 valence electrons. The van der Waals surface area contributed by atoms with Crippen LogP contribution in [-0.2, 0) is 12.0 Å². The van der Waals surface area contributed by atoms with Gasteiger partial charge in [-0.15, -0.1) is 0 Å². The Morgan fingerprint density at radius 1 is 1.16 bits per heavy atom. The van der Waals surface area contributed by atoms with Crippen LogP contribution in [0.15, 0.2) is 48.5 Å². The normalized spacial score (nSPS) is 13.9. The third kappa shape index (κ3) is 3.12. The zero-order valence-electron chi connectivity index (χ0n) is 11.1. The standard InChI is InChI=1S/C16H17FO2/c1-16(18,11-12-6-3-4-9-15(12)17)13-7-5-8-14(10-13)19-2/h3-10,18H,11H2,1-2H3. The van der Waals surface area contributed by atoms with E-state index in [-0.39, 0.29) is 12.2 Å². The van der Waals surface area contributed by atoms with Crippen LogP contribution in [-0.4, -0.2) is 12.2 Å². The predicted molar refractivity (Wildman–Crippen MR) is 72.7 cm³/mol. The van der Waals surface area contributed by atoms with Gasteiger partial charge in [-0.1, -0.05) is 30.3 Å². The maximum absolute atomic E-state index is 13.6. The van der Waals surface area contributed by atoms with Crippen molar-refractivity contribution >= 4 is 0 Å². The molecule has 0 amide bonds. The molecule has 2 nitrogen and oxygen atoms in total. The molecule has 1 unspecified atom stereocenters. The fourth-order valence-corrected chi connectivity index (χ4v) is 2.07. The molecule has 0 saturated heterocycles. The number of aliphatic hydroxyl groups is 1. The van der Waals surface area contributed by atoms with Gasteiger partial charge in [-0.3, -0.25) is 0 Å². The number of hydrogen-bond donors (Lipinski definition) is 1. The zero-order valence-corrected chi connectivity index (χ0v) is 11.1. The van der Waals surface area contributed by atoms with Crippen molar-refractivity contribution in [2.45, 2.75) is 18.9 Å². The summed E-state index contributed by atoms with van der Waals surface area (Å²) in [5, 5.41) is 10.6. The minimum Gasteiger partial charge on any atom is -0.497 e. The van der Waals surface area contributed by atoms with E-state index >= 15 is 0 Å². The summed E-state index contributed by atoms with van der Waals surface area (Å²) >= 11 is 0. The molecule has 3 heteroatoms. The second-order valence-electron chi connectivity index (χ2n) is 4.77. The SMILES string of the molecule is COc1cccc(C(C)(O)Cc2ccccc2F)c1. The third-order valence-corrected chi connectivity index (χ3v) is 3.18. The molecule has 0 aliphatic heterocycles. The van der Waals surface area contributed by atoms with E-state index in [4.69, 9.17) is 4.74 Å². The van der Waals surface area contributed by atoms with E-state index < -0.39 is 5.60 Å². The molecule has 2 aromatic rings. The molecule has 0 aromatic heterocycles. The van der Waals surface area contributed by atoms with Crippen LogP contribution in [0.25, 0.3) is 0 Å². The summed E-state index contributed by atoms with van der Waals surface area (Å²) in [6, 6.07) is 13.7. The highest BCUT2D eigenvalue weighted by Gasteiger charge is 2.25. The molecule has 0 bridgehead atoms. The monoisotopic (exact) mass is 260 g/mol. The summed E-state index contributed by atoms with van der Waals surface area (Å²) in [6.45, 7) is 1.67. The first-order chi connectivity index (χ1) is 9.03. The largest absolute Gasteiger partial charge is 0.497 e. The molecule has 0 saturated carbocycles. The predicted octanol–water partition coefficient (Wildman–Crippen LogP) is 3.28. The molecule has 1 N–H and O–H groups in total. The number of methoxy groups -OCH3 is 1. The lowest BCUT2D eigenvalue weighted by atomic mass is 9.89. The highest BCUT2D eigenvalue weighted by Crippen LogP contribution is 2.28. The smallest absolute Gasteiger partial charge is 0.126 e. The van der Waals surface area contributed by atoms with E-state index in [0.717, 1.165) is 0 Å². The number of rotatable bonds is 4. The molecular weight excluding hydrogens is 243 g/mol. The number of ether oxygens (including phenoxy) is 1. The van der Waals surface area contributed by atoms with Crippen LogP contribution in [0.4, 0.5) is 4.39 Å². The van der Waals surface area contributed by atoms with E-state index in [9.17, 15) is 9.50 Å². The van der Waals surface area contributed by atoms with Gasteiger partial charge in [0.1, 0.15) is 11.6 Å². The van der Waals surface area contributed by atoms with Crippen LogP contribution in [0, 0.1) is 5.82 Å². The lowest BCUT2D eigenvalue weighted by Gasteiger charge is -2.24. The molecule has 0 aliphatic carbocycles. The first-order valence-electron chi connectivity index (χ1n) is 6.13. The van der Waals surface area contributed by atoms with Gasteiger partial charge in [0, 0.05) is 6.42 Å². The van der Waals surface area contributed by atoms with Crippen LogP contribution in [0.3, 0.4) is 0 Å². The molecule has 0 radical (unpaired) electrons. The highest BCUT2D eigenvalue weighted by atomic mass is 19.1. The summed E-state index contributed by atoms with van der Waals surface area (Å²) in [6.07, 6.45) is 0.215. The Bertz CT molecular complexity index is 564. The van der Waals surface area contributed by atoms with E-state index in [1.54, 1.807) is 38.3 Å². The van der Waals surface area contributed by atoms with E-state index in [1.165, 1.54) is 6.07 Å². The number of benzene rings is 2. The topological polar surface area (TPSA) is 29.5 Å². The first-order valence-corrected chi connectivity index (χ1v) is 6.13.